The van der Waals surface area contributed by atoms with Crippen LogP contribution in [0.25, 0.3) is 22.0 Å². The van der Waals surface area contributed by atoms with E-state index in [0.717, 1.165) is 22.1 Å². The van der Waals surface area contributed by atoms with Crippen LogP contribution in [0.4, 0.5) is 4.79 Å². The number of carbonyl (C=O) groups excluding carboxylic acids is 2. The van der Waals surface area contributed by atoms with Crippen LogP contribution in [0, 0.1) is 0 Å². The molecule has 0 saturated carbocycles. The summed E-state index contributed by atoms with van der Waals surface area (Å²) in [6.45, 7) is 7.11. The molecule has 0 bridgehead atoms. The molecular weight excluding hydrogens is 516 g/mol. The average Bonchev–Trinajstić information content (AvgIpc) is 3.29. The van der Waals surface area contributed by atoms with Crippen LogP contribution in [-0.2, 0) is 30.7 Å². The highest BCUT2D eigenvalue weighted by Gasteiger charge is 2.26. The second-order valence-corrected chi connectivity index (χ2v) is 11.8. The molecule has 0 spiro atoms. The number of benzene rings is 3. The number of ether oxygens (including phenoxy) is 2. The van der Waals surface area contributed by atoms with Crippen molar-refractivity contribution in [1.82, 2.24) is 9.29 Å². The van der Waals surface area contributed by atoms with Gasteiger partial charge in [0.05, 0.1) is 17.0 Å². The van der Waals surface area contributed by atoms with Crippen molar-refractivity contribution in [2.24, 2.45) is 0 Å². The highest BCUT2D eigenvalue weighted by molar-refractivity contribution is 7.90. The lowest BCUT2D eigenvalue weighted by Gasteiger charge is -2.23. The molecule has 0 aliphatic carbocycles. The third kappa shape index (κ3) is 6.49. The maximum Gasteiger partial charge on any atom is 0.408 e. The fraction of sp³-hybridized carbons (Fsp3) is 0.267. The van der Waals surface area contributed by atoms with E-state index < -0.39 is 33.7 Å². The zero-order chi connectivity index (χ0) is 28.2. The highest BCUT2D eigenvalue weighted by Crippen LogP contribution is 2.33. The highest BCUT2D eigenvalue weighted by atomic mass is 32.2. The van der Waals surface area contributed by atoms with Gasteiger partial charge in [0, 0.05) is 23.6 Å². The summed E-state index contributed by atoms with van der Waals surface area (Å²) in [4.78, 5) is 25.1. The second-order valence-electron chi connectivity index (χ2n) is 10.0. The maximum absolute atomic E-state index is 13.4. The SMILES string of the molecule is CCOC(=O)[C@H](Cc1ccc(-c2cn(S(=O)(=O)c3ccccc3)c3ccccc23)cc1)NC(=O)OC(C)(C)C. The molecule has 0 saturated heterocycles. The van der Waals surface area contributed by atoms with E-state index in [1.807, 2.05) is 36.4 Å². The summed E-state index contributed by atoms with van der Waals surface area (Å²) >= 11 is 0. The topological polar surface area (TPSA) is 104 Å². The zero-order valence-electron chi connectivity index (χ0n) is 22.4. The van der Waals surface area contributed by atoms with E-state index in [0.29, 0.717) is 5.52 Å². The molecule has 1 amide bonds. The Morgan fingerprint density at radius 2 is 1.56 bits per heavy atom. The van der Waals surface area contributed by atoms with Crippen molar-refractivity contribution in [1.29, 1.82) is 0 Å². The van der Waals surface area contributed by atoms with Crippen molar-refractivity contribution in [3.63, 3.8) is 0 Å². The van der Waals surface area contributed by atoms with E-state index in [4.69, 9.17) is 9.47 Å². The first kappa shape index (κ1) is 27.9. The fourth-order valence-electron chi connectivity index (χ4n) is 4.23. The van der Waals surface area contributed by atoms with Crippen molar-refractivity contribution >= 4 is 33.0 Å². The summed E-state index contributed by atoms with van der Waals surface area (Å²) in [5.41, 5.74) is 2.21. The molecule has 0 aliphatic heterocycles. The van der Waals surface area contributed by atoms with Crippen LogP contribution in [-0.4, -0.2) is 42.7 Å². The first-order chi connectivity index (χ1) is 18.5. The third-order valence-electron chi connectivity index (χ3n) is 5.94. The molecule has 39 heavy (non-hydrogen) atoms. The number of hydrogen-bond acceptors (Lipinski definition) is 6. The fourth-order valence-corrected chi connectivity index (χ4v) is 5.62. The van der Waals surface area contributed by atoms with Crippen LogP contribution >= 0.6 is 0 Å². The van der Waals surface area contributed by atoms with Crippen LogP contribution in [0.1, 0.15) is 33.3 Å². The number of rotatable bonds is 8. The van der Waals surface area contributed by atoms with E-state index in [1.54, 1.807) is 76.4 Å². The van der Waals surface area contributed by atoms with Crippen molar-refractivity contribution < 1.29 is 27.5 Å². The summed E-state index contributed by atoms with van der Waals surface area (Å²) in [5, 5.41) is 3.40. The maximum atomic E-state index is 13.4. The lowest BCUT2D eigenvalue weighted by atomic mass is 10.0. The van der Waals surface area contributed by atoms with Gasteiger partial charge >= 0.3 is 12.1 Å². The number of carbonyl (C=O) groups is 2. The van der Waals surface area contributed by atoms with E-state index >= 15 is 0 Å². The van der Waals surface area contributed by atoms with Gasteiger partial charge < -0.3 is 14.8 Å². The summed E-state index contributed by atoms with van der Waals surface area (Å²) in [6.07, 6.45) is 1.13. The second kappa shape index (κ2) is 11.3. The first-order valence-corrected chi connectivity index (χ1v) is 14.1. The minimum absolute atomic E-state index is 0.181. The minimum atomic E-state index is -3.80. The summed E-state index contributed by atoms with van der Waals surface area (Å²) in [7, 11) is -3.80. The normalized spacial score (nSPS) is 12.6. The first-order valence-electron chi connectivity index (χ1n) is 12.7. The van der Waals surface area contributed by atoms with Gasteiger partial charge in [-0.05, 0) is 57.0 Å². The zero-order valence-corrected chi connectivity index (χ0v) is 23.2. The Bertz CT molecular complexity index is 1570. The molecule has 1 heterocycles. The number of nitrogens with zero attached hydrogens (tertiary/aromatic N) is 1. The third-order valence-corrected chi connectivity index (χ3v) is 7.63. The van der Waals surface area contributed by atoms with Gasteiger partial charge in [-0.3, -0.25) is 0 Å². The monoisotopic (exact) mass is 548 g/mol. The predicted molar refractivity (Wildman–Crippen MR) is 150 cm³/mol. The van der Waals surface area contributed by atoms with Crippen molar-refractivity contribution in [3.05, 3.63) is 90.6 Å². The van der Waals surface area contributed by atoms with Gasteiger partial charge in [0.1, 0.15) is 11.6 Å². The standard InChI is InChI=1S/C30H32N2O6S/c1-5-37-28(33)26(31-29(34)38-30(2,3)4)19-21-15-17-22(18-16-21)25-20-32(27-14-10-9-13-24(25)27)39(35,36)23-11-7-6-8-12-23/h6-18,20,26H,5,19H2,1-4H3,(H,31,34)/t26-/m0/s1. The number of amides is 1. The number of fused-ring (bicyclic) bond motifs is 1. The predicted octanol–water partition coefficient (Wildman–Crippen LogP) is 5.54. The molecule has 3 aromatic carbocycles. The Hall–Kier alpha value is -4.11. The molecule has 4 rings (SSSR count). The van der Waals surface area contributed by atoms with Crippen molar-refractivity contribution in [3.8, 4) is 11.1 Å². The van der Waals surface area contributed by atoms with Gasteiger partial charge in [-0.2, -0.15) is 0 Å². The summed E-state index contributed by atoms with van der Waals surface area (Å²) in [5.74, 6) is -0.554. The number of esters is 1. The number of nitrogens with one attached hydrogen (secondary N) is 1. The molecule has 0 unspecified atom stereocenters. The number of aromatic nitrogens is 1. The van der Waals surface area contributed by atoms with Gasteiger partial charge in [-0.1, -0.05) is 60.7 Å². The Labute approximate surface area is 228 Å². The molecule has 1 aromatic heterocycles. The average molecular weight is 549 g/mol. The molecule has 4 aromatic rings. The van der Waals surface area contributed by atoms with Crippen molar-refractivity contribution in [2.45, 2.75) is 50.7 Å². The van der Waals surface area contributed by atoms with Crippen LogP contribution in [0.15, 0.2) is 90.0 Å². The van der Waals surface area contributed by atoms with Gasteiger partial charge in [0.2, 0.25) is 0 Å². The van der Waals surface area contributed by atoms with Crippen LogP contribution in [0.5, 0.6) is 0 Å². The van der Waals surface area contributed by atoms with E-state index in [1.165, 1.54) is 3.97 Å². The lowest BCUT2D eigenvalue weighted by molar-refractivity contribution is -0.145. The molecular formula is C30H32N2O6S. The number of hydrogen-bond donors (Lipinski definition) is 1. The van der Waals surface area contributed by atoms with Gasteiger partial charge in [-0.25, -0.2) is 22.0 Å². The molecule has 0 fully saturated rings. The molecule has 204 valence electrons. The lowest BCUT2D eigenvalue weighted by Crippen LogP contribution is -2.45. The van der Waals surface area contributed by atoms with E-state index in [-0.39, 0.29) is 17.9 Å². The van der Waals surface area contributed by atoms with Gasteiger partial charge in [-0.15, -0.1) is 0 Å². The minimum Gasteiger partial charge on any atom is -0.464 e. The largest absolute Gasteiger partial charge is 0.464 e. The molecule has 9 heteroatoms. The molecule has 0 aliphatic rings. The Morgan fingerprint density at radius 3 is 2.21 bits per heavy atom. The van der Waals surface area contributed by atoms with Crippen LogP contribution in [0.3, 0.4) is 0 Å². The van der Waals surface area contributed by atoms with Crippen LogP contribution < -0.4 is 5.32 Å². The molecule has 0 radical (unpaired) electrons. The number of para-hydroxylation sites is 1. The molecule has 1 atom stereocenters. The Kier molecular flexibility index (Phi) is 8.11. The van der Waals surface area contributed by atoms with Gasteiger partial charge in [0.25, 0.3) is 10.0 Å². The summed E-state index contributed by atoms with van der Waals surface area (Å²) < 4.78 is 38.6. The van der Waals surface area contributed by atoms with E-state index in [9.17, 15) is 18.0 Å². The van der Waals surface area contributed by atoms with Crippen molar-refractivity contribution in [2.75, 3.05) is 6.61 Å². The Balaban J connectivity index is 1.63. The smallest absolute Gasteiger partial charge is 0.408 e. The van der Waals surface area contributed by atoms with Crippen LogP contribution in [0.2, 0.25) is 0 Å². The number of alkyl carbamates (subject to hydrolysis) is 1. The molecule has 8 nitrogen and oxygen atoms in total. The summed E-state index contributed by atoms with van der Waals surface area (Å²) in [6, 6.07) is 22.1. The Morgan fingerprint density at radius 1 is 0.923 bits per heavy atom. The van der Waals surface area contributed by atoms with E-state index in [2.05, 4.69) is 5.32 Å². The van der Waals surface area contributed by atoms with Gasteiger partial charge in [0.15, 0.2) is 0 Å². The molecule has 1 N–H and O–H groups in total. The quantitative estimate of drug-likeness (QED) is 0.290.